The maximum absolute atomic E-state index is 11.4. The van der Waals surface area contributed by atoms with E-state index < -0.39 is 0 Å². The molecular formula is C11H13N3O. The highest BCUT2D eigenvalue weighted by atomic mass is 16.1. The summed E-state index contributed by atoms with van der Waals surface area (Å²) in [6.07, 6.45) is 3.40. The van der Waals surface area contributed by atoms with Crippen molar-refractivity contribution >= 4 is 16.8 Å². The monoisotopic (exact) mass is 203 g/mol. The average Bonchev–Trinajstić information content (AvgIpc) is 2.56. The van der Waals surface area contributed by atoms with Crippen LogP contribution in [0.25, 0.3) is 11.0 Å². The molecule has 0 saturated heterocycles. The number of rotatable bonds is 2. The van der Waals surface area contributed by atoms with Crippen molar-refractivity contribution < 1.29 is 4.79 Å². The van der Waals surface area contributed by atoms with Gasteiger partial charge in [0.1, 0.15) is 5.52 Å². The smallest absolute Gasteiger partial charge is 0.195 e. The molecule has 0 aliphatic rings. The number of Topliss-reactive ketones (excluding diaryl/α,β-unsaturated/α-hetero) is 1. The van der Waals surface area contributed by atoms with Crippen molar-refractivity contribution in [3.8, 4) is 0 Å². The molecule has 0 atom stereocenters. The largest absolute Gasteiger partial charge is 0.319 e. The molecule has 78 valence electrons. The van der Waals surface area contributed by atoms with Crippen molar-refractivity contribution in [3.63, 3.8) is 0 Å². The van der Waals surface area contributed by atoms with Crippen LogP contribution in [0.4, 0.5) is 0 Å². The molecule has 0 amide bonds. The maximum atomic E-state index is 11.4. The fraction of sp³-hybridized carbons (Fsp3) is 0.364. The van der Waals surface area contributed by atoms with E-state index in [1.165, 1.54) is 6.92 Å². The van der Waals surface area contributed by atoms with Gasteiger partial charge in [0, 0.05) is 19.2 Å². The first-order valence-corrected chi connectivity index (χ1v) is 4.94. The molecular weight excluding hydrogens is 190 g/mol. The van der Waals surface area contributed by atoms with Gasteiger partial charge >= 0.3 is 0 Å². The minimum atomic E-state index is -0.0140. The lowest BCUT2D eigenvalue weighted by Crippen LogP contribution is -2.09. The van der Waals surface area contributed by atoms with Crippen LogP contribution in [0.2, 0.25) is 0 Å². The molecule has 0 bridgehead atoms. The molecule has 0 spiro atoms. The van der Waals surface area contributed by atoms with Crippen LogP contribution in [0.3, 0.4) is 0 Å². The van der Waals surface area contributed by atoms with E-state index in [0.717, 1.165) is 11.0 Å². The van der Waals surface area contributed by atoms with Crippen LogP contribution < -0.4 is 0 Å². The van der Waals surface area contributed by atoms with Gasteiger partial charge in [-0.25, -0.2) is 4.98 Å². The standard InChI is InChI=1S/C11H13N3O/c1-7(2)14-10-4-5-12-6-9(10)13-11(14)8(3)15/h4-7H,1-3H3. The minimum absolute atomic E-state index is 0.0140. The van der Waals surface area contributed by atoms with Crippen molar-refractivity contribution in [2.24, 2.45) is 0 Å². The number of hydrogen-bond acceptors (Lipinski definition) is 3. The SMILES string of the molecule is CC(=O)c1nc2cnccc2n1C(C)C. The molecule has 0 unspecified atom stereocenters. The Labute approximate surface area is 88.0 Å². The summed E-state index contributed by atoms with van der Waals surface area (Å²) in [4.78, 5) is 19.7. The second-order valence-corrected chi connectivity index (χ2v) is 3.82. The van der Waals surface area contributed by atoms with Crippen LogP contribution in [0.15, 0.2) is 18.5 Å². The molecule has 0 aliphatic heterocycles. The highest BCUT2D eigenvalue weighted by Gasteiger charge is 2.15. The van der Waals surface area contributed by atoms with Gasteiger partial charge in [-0.2, -0.15) is 0 Å². The Hall–Kier alpha value is -1.71. The van der Waals surface area contributed by atoms with E-state index in [-0.39, 0.29) is 11.8 Å². The van der Waals surface area contributed by atoms with Crippen LogP contribution in [-0.2, 0) is 0 Å². The normalized spacial score (nSPS) is 11.2. The van der Waals surface area contributed by atoms with Crippen LogP contribution in [-0.4, -0.2) is 20.3 Å². The van der Waals surface area contributed by atoms with Gasteiger partial charge in [-0.1, -0.05) is 0 Å². The minimum Gasteiger partial charge on any atom is -0.319 e. The third-order valence-corrected chi connectivity index (χ3v) is 2.32. The number of fused-ring (bicyclic) bond motifs is 1. The summed E-state index contributed by atoms with van der Waals surface area (Å²) in [7, 11) is 0. The van der Waals surface area contributed by atoms with Crippen molar-refractivity contribution in [1.82, 2.24) is 14.5 Å². The fourth-order valence-electron chi connectivity index (χ4n) is 1.72. The fourth-order valence-corrected chi connectivity index (χ4v) is 1.72. The molecule has 0 saturated carbocycles. The highest BCUT2D eigenvalue weighted by molar-refractivity contribution is 5.94. The molecule has 4 heteroatoms. The molecule has 0 aromatic carbocycles. The number of imidazole rings is 1. The number of nitrogens with zero attached hydrogens (tertiary/aromatic N) is 3. The van der Waals surface area contributed by atoms with Gasteiger partial charge in [0.15, 0.2) is 11.6 Å². The van der Waals surface area contributed by atoms with Crippen LogP contribution in [0.5, 0.6) is 0 Å². The molecule has 15 heavy (non-hydrogen) atoms. The van der Waals surface area contributed by atoms with E-state index in [1.807, 2.05) is 24.5 Å². The lowest BCUT2D eigenvalue weighted by atomic mass is 10.3. The predicted octanol–water partition coefficient (Wildman–Crippen LogP) is 2.21. The van der Waals surface area contributed by atoms with E-state index in [2.05, 4.69) is 9.97 Å². The molecule has 2 aromatic rings. The van der Waals surface area contributed by atoms with Gasteiger partial charge in [-0.15, -0.1) is 0 Å². The van der Waals surface area contributed by atoms with Gasteiger partial charge in [-0.3, -0.25) is 9.78 Å². The Bertz CT molecular complexity index is 514. The first-order chi connectivity index (χ1) is 7.11. The van der Waals surface area contributed by atoms with Crippen molar-refractivity contribution in [1.29, 1.82) is 0 Å². The number of aromatic nitrogens is 3. The van der Waals surface area contributed by atoms with Gasteiger partial charge in [0.25, 0.3) is 0 Å². The number of carbonyl (C=O) groups excluding carboxylic acids is 1. The summed E-state index contributed by atoms with van der Waals surface area (Å²) >= 11 is 0. The second-order valence-electron chi connectivity index (χ2n) is 3.82. The quantitative estimate of drug-likeness (QED) is 0.703. The van der Waals surface area contributed by atoms with Crippen molar-refractivity contribution in [2.45, 2.75) is 26.8 Å². The topological polar surface area (TPSA) is 47.8 Å². The van der Waals surface area contributed by atoms with Gasteiger partial charge in [-0.05, 0) is 19.9 Å². The zero-order valence-corrected chi connectivity index (χ0v) is 9.06. The Kier molecular flexibility index (Phi) is 2.26. The average molecular weight is 203 g/mol. The Morgan fingerprint density at radius 2 is 2.20 bits per heavy atom. The van der Waals surface area contributed by atoms with Crippen molar-refractivity contribution in [2.75, 3.05) is 0 Å². The molecule has 0 radical (unpaired) electrons. The summed E-state index contributed by atoms with van der Waals surface area (Å²) in [6.45, 7) is 5.61. The van der Waals surface area contributed by atoms with E-state index in [0.29, 0.717) is 5.82 Å². The van der Waals surface area contributed by atoms with Gasteiger partial charge in [0.2, 0.25) is 0 Å². The summed E-state index contributed by atoms with van der Waals surface area (Å²) in [5.74, 6) is 0.493. The number of ketones is 1. The molecule has 0 fully saturated rings. The van der Waals surface area contributed by atoms with E-state index in [1.54, 1.807) is 12.4 Å². The summed E-state index contributed by atoms with van der Waals surface area (Å²) in [5.41, 5.74) is 1.74. The Morgan fingerprint density at radius 3 is 2.80 bits per heavy atom. The van der Waals surface area contributed by atoms with Crippen LogP contribution >= 0.6 is 0 Å². The molecule has 0 aliphatic carbocycles. The first-order valence-electron chi connectivity index (χ1n) is 4.94. The number of hydrogen-bond donors (Lipinski definition) is 0. The van der Waals surface area contributed by atoms with Crippen molar-refractivity contribution in [3.05, 3.63) is 24.3 Å². The third kappa shape index (κ3) is 1.52. The van der Waals surface area contributed by atoms with Gasteiger partial charge < -0.3 is 4.57 Å². The second kappa shape index (κ2) is 3.46. The highest BCUT2D eigenvalue weighted by Crippen LogP contribution is 2.20. The summed E-state index contributed by atoms with van der Waals surface area (Å²) in [5, 5.41) is 0. The van der Waals surface area contributed by atoms with E-state index in [9.17, 15) is 4.79 Å². The Morgan fingerprint density at radius 1 is 1.47 bits per heavy atom. The lowest BCUT2D eigenvalue weighted by molar-refractivity contribution is 0.0998. The zero-order valence-electron chi connectivity index (χ0n) is 9.06. The zero-order chi connectivity index (χ0) is 11.0. The van der Waals surface area contributed by atoms with E-state index >= 15 is 0 Å². The molecule has 2 heterocycles. The molecule has 0 N–H and O–H groups in total. The van der Waals surface area contributed by atoms with Crippen LogP contribution in [0.1, 0.15) is 37.4 Å². The predicted molar refractivity (Wildman–Crippen MR) is 57.9 cm³/mol. The number of pyridine rings is 1. The molecule has 4 nitrogen and oxygen atoms in total. The first kappa shape index (κ1) is 9.83. The molecule has 2 rings (SSSR count). The molecule has 2 aromatic heterocycles. The summed E-state index contributed by atoms with van der Waals surface area (Å²) < 4.78 is 1.94. The van der Waals surface area contributed by atoms with Crippen LogP contribution in [0, 0.1) is 0 Å². The van der Waals surface area contributed by atoms with Gasteiger partial charge in [0.05, 0.1) is 11.7 Å². The lowest BCUT2D eigenvalue weighted by Gasteiger charge is -2.10. The third-order valence-electron chi connectivity index (χ3n) is 2.32. The summed E-state index contributed by atoms with van der Waals surface area (Å²) in [6, 6.07) is 2.10. The number of carbonyl (C=O) groups is 1. The Balaban J connectivity index is 2.80. The maximum Gasteiger partial charge on any atom is 0.195 e. The van der Waals surface area contributed by atoms with E-state index in [4.69, 9.17) is 0 Å².